The van der Waals surface area contributed by atoms with E-state index < -0.39 is 11.8 Å². The van der Waals surface area contributed by atoms with Gasteiger partial charge in [-0.1, -0.05) is 35.0 Å². The van der Waals surface area contributed by atoms with Gasteiger partial charge in [-0.05, 0) is 19.1 Å². The number of hydrogen-bond acceptors (Lipinski definition) is 3. The average Bonchev–Trinajstić information content (AvgIpc) is 2.39. The molecule has 0 unspecified atom stereocenters. The minimum absolute atomic E-state index is 0.0919. The van der Waals surface area contributed by atoms with Gasteiger partial charge in [0, 0.05) is 5.57 Å². The third-order valence-electron chi connectivity index (χ3n) is 1.88. The molecule has 0 fully saturated rings. The molecule has 5 heteroatoms. The van der Waals surface area contributed by atoms with Crippen LogP contribution in [0.3, 0.4) is 0 Å². The van der Waals surface area contributed by atoms with E-state index >= 15 is 0 Å². The van der Waals surface area contributed by atoms with Crippen molar-refractivity contribution in [3.63, 3.8) is 0 Å². The number of ether oxygens (including phenoxy) is 1. The molecular weight excluding hydrogens is 263 g/mol. The molecule has 1 rings (SSSR count). The molecule has 17 heavy (non-hydrogen) atoms. The Morgan fingerprint density at radius 2 is 2.12 bits per heavy atom. The predicted octanol–water partition coefficient (Wildman–Crippen LogP) is 2.85. The topological polar surface area (TPSA) is 43.4 Å². The first-order valence-corrected chi connectivity index (χ1v) is 5.69. The summed E-state index contributed by atoms with van der Waals surface area (Å²) < 4.78 is 4.68. The predicted molar refractivity (Wildman–Crippen MR) is 65.7 cm³/mol. The van der Waals surface area contributed by atoms with Crippen LogP contribution in [0, 0.1) is 0 Å². The van der Waals surface area contributed by atoms with Crippen LogP contribution in [0.25, 0.3) is 0 Å². The lowest BCUT2D eigenvalue weighted by molar-refractivity contribution is -0.144. The Bertz CT molecular complexity index is 466. The molecule has 90 valence electrons. The number of carbonyl (C=O) groups is 2. The fourth-order valence-electron chi connectivity index (χ4n) is 1.17. The van der Waals surface area contributed by atoms with E-state index in [4.69, 9.17) is 23.2 Å². The molecule has 0 aromatic carbocycles. The molecule has 1 aliphatic carbocycles. The SMILES string of the molecule is CCOC(=O)CC(=O)C1=CC=CC(Cl)=C=C1Cl. The van der Waals surface area contributed by atoms with Gasteiger partial charge in [0.25, 0.3) is 0 Å². The first-order chi connectivity index (χ1) is 8.04. The van der Waals surface area contributed by atoms with E-state index in [1.807, 2.05) is 0 Å². The first-order valence-electron chi connectivity index (χ1n) is 4.94. The Kier molecular flexibility index (Phi) is 5.23. The quantitative estimate of drug-likeness (QED) is 0.449. The highest BCUT2D eigenvalue weighted by molar-refractivity contribution is 6.37. The Hall–Kier alpha value is -1.28. The van der Waals surface area contributed by atoms with E-state index in [9.17, 15) is 9.59 Å². The zero-order valence-electron chi connectivity index (χ0n) is 9.13. The van der Waals surface area contributed by atoms with Crippen LogP contribution < -0.4 is 0 Å². The second-order valence-electron chi connectivity index (χ2n) is 3.13. The summed E-state index contributed by atoms with van der Waals surface area (Å²) >= 11 is 11.6. The maximum Gasteiger partial charge on any atom is 0.313 e. The molecule has 0 N–H and O–H groups in total. The normalized spacial score (nSPS) is 14.4. The van der Waals surface area contributed by atoms with E-state index in [-0.39, 0.29) is 23.6 Å². The zero-order chi connectivity index (χ0) is 12.8. The minimum atomic E-state index is -0.578. The van der Waals surface area contributed by atoms with Gasteiger partial charge in [0.05, 0.1) is 16.7 Å². The van der Waals surface area contributed by atoms with Crippen molar-refractivity contribution < 1.29 is 14.3 Å². The van der Waals surface area contributed by atoms with Crippen LogP contribution in [0.2, 0.25) is 0 Å². The highest BCUT2D eigenvalue weighted by Crippen LogP contribution is 2.21. The number of esters is 1. The van der Waals surface area contributed by atoms with Gasteiger partial charge >= 0.3 is 5.97 Å². The Morgan fingerprint density at radius 3 is 2.76 bits per heavy atom. The summed E-state index contributed by atoms with van der Waals surface area (Å²) in [4.78, 5) is 22.9. The van der Waals surface area contributed by atoms with Gasteiger partial charge in [-0.25, -0.2) is 0 Å². The Balaban J connectivity index is 2.84. The third-order valence-corrected chi connectivity index (χ3v) is 2.40. The lowest BCUT2D eigenvalue weighted by Gasteiger charge is -2.03. The fourth-order valence-corrected chi connectivity index (χ4v) is 1.66. The summed E-state index contributed by atoms with van der Waals surface area (Å²) in [6.45, 7) is 1.91. The van der Waals surface area contributed by atoms with Crippen molar-refractivity contribution in [1.29, 1.82) is 0 Å². The van der Waals surface area contributed by atoms with E-state index in [2.05, 4.69) is 10.5 Å². The number of rotatable bonds is 4. The summed E-state index contributed by atoms with van der Waals surface area (Å²) in [6.07, 6.45) is 4.27. The second kappa shape index (κ2) is 6.45. The number of ketones is 1. The molecule has 0 saturated carbocycles. The Labute approximate surface area is 109 Å². The molecular formula is C12H10Cl2O3. The molecule has 0 aliphatic heterocycles. The highest BCUT2D eigenvalue weighted by atomic mass is 35.5. The molecule has 0 spiro atoms. The van der Waals surface area contributed by atoms with Gasteiger partial charge < -0.3 is 4.74 Å². The summed E-state index contributed by atoms with van der Waals surface area (Å²) in [5.41, 5.74) is 2.81. The monoisotopic (exact) mass is 272 g/mol. The van der Waals surface area contributed by atoms with Crippen molar-refractivity contribution in [1.82, 2.24) is 0 Å². The van der Waals surface area contributed by atoms with Crippen molar-refractivity contribution >= 4 is 35.0 Å². The van der Waals surface area contributed by atoms with Gasteiger partial charge in [0.1, 0.15) is 6.42 Å². The molecule has 0 aromatic rings. The standard InChI is InChI=1S/C12H10Cl2O3/c1-2-17-12(16)7-11(15)9-5-3-4-8(13)6-10(9)14/h3-5H,2,7H2,1H3. The number of Topliss-reactive ketones (excluding diaryl/α,β-unsaturated/α-hetero) is 1. The van der Waals surface area contributed by atoms with Crippen LogP contribution in [0.1, 0.15) is 13.3 Å². The smallest absolute Gasteiger partial charge is 0.313 e. The highest BCUT2D eigenvalue weighted by Gasteiger charge is 2.17. The van der Waals surface area contributed by atoms with Crippen LogP contribution in [0.4, 0.5) is 0 Å². The molecule has 0 amide bonds. The van der Waals surface area contributed by atoms with Gasteiger partial charge in [-0.3, -0.25) is 9.59 Å². The van der Waals surface area contributed by atoms with Crippen molar-refractivity contribution in [2.75, 3.05) is 6.61 Å². The summed E-state index contributed by atoms with van der Waals surface area (Å²) in [5.74, 6) is -0.997. The zero-order valence-corrected chi connectivity index (χ0v) is 10.6. The van der Waals surface area contributed by atoms with Crippen LogP contribution in [-0.2, 0) is 14.3 Å². The molecule has 0 saturated heterocycles. The third kappa shape index (κ3) is 4.23. The molecule has 0 atom stereocenters. The molecule has 0 bridgehead atoms. The molecule has 0 heterocycles. The van der Waals surface area contributed by atoms with Crippen molar-refractivity contribution in [3.05, 3.63) is 39.6 Å². The van der Waals surface area contributed by atoms with Crippen LogP contribution >= 0.6 is 23.2 Å². The summed E-state index contributed by atoms with van der Waals surface area (Å²) in [6, 6.07) is 0. The van der Waals surface area contributed by atoms with Gasteiger partial charge in [-0.2, -0.15) is 0 Å². The summed E-state index contributed by atoms with van der Waals surface area (Å²) in [7, 11) is 0. The van der Waals surface area contributed by atoms with Crippen molar-refractivity contribution in [2.45, 2.75) is 13.3 Å². The van der Waals surface area contributed by atoms with E-state index in [0.717, 1.165) is 0 Å². The van der Waals surface area contributed by atoms with E-state index in [1.165, 1.54) is 6.08 Å². The molecule has 3 nitrogen and oxygen atoms in total. The fraction of sp³-hybridized carbons (Fsp3) is 0.250. The number of hydrogen-bond donors (Lipinski definition) is 0. The van der Waals surface area contributed by atoms with Gasteiger partial charge in [0.15, 0.2) is 5.78 Å². The molecule has 0 aromatic heterocycles. The first kappa shape index (κ1) is 13.8. The van der Waals surface area contributed by atoms with Crippen molar-refractivity contribution in [3.8, 4) is 0 Å². The largest absolute Gasteiger partial charge is 0.466 e. The number of allylic oxidation sites excluding steroid dienone is 5. The van der Waals surface area contributed by atoms with Gasteiger partial charge in [0.2, 0.25) is 0 Å². The molecule has 0 radical (unpaired) electrons. The van der Waals surface area contributed by atoms with Crippen LogP contribution in [0.15, 0.2) is 39.6 Å². The second-order valence-corrected chi connectivity index (χ2v) is 3.92. The van der Waals surface area contributed by atoms with E-state index in [1.54, 1.807) is 19.1 Å². The Morgan fingerprint density at radius 1 is 1.41 bits per heavy atom. The molecule has 1 aliphatic rings. The summed E-state index contributed by atoms with van der Waals surface area (Å²) in [5, 5.41) is 0.388. The number of carbonyl (C=O) groups excluding carboxylic acids is 2. The van der Waals surface area contributed by atoms with Crippen LogP contribution in [0.5, 0.6) is 0 Å². The average molecular weight is 273 g/mol. The van der Waals surface area contributed by atoms with E-state index in [0.29, 0.717) is 5.03 Å². The van der Waals surface area contributed by atoms with Gasteiger partial charge in [-0.15, -0.1) is 0 Å². The lowest BCUT2D eigenvalue weighted by Crippen LogP contribution is -2.13. The van der Waals surface area contributed by atoms with Crippen LogP contribution in [-0.4, -0.2) is 18.4 Å². The minimum Gasteiger partial charge on any atom is -0.466 e. The van der Waals surface area contributed by atoms with Crippen molar-refractivity contribution in [2.24, 2.45) is 0 Å². The maximum atomic E-state index is 11.8. The maximum absolute atomic E-state index is 11.8. The number of halogens is 2. The lowest BCUT2D eigenvalue weighted by atomic mass is 10.1.